The fourth-order valence-electron chi connectivity index (χ4n) is 1.41. The Labute approximate surface area is 89.4 Å². The molecule has 4 heteroatoms. The summed E-state index contributed by atoms with van der Waals surface area (Å²) in [5, 5.41) is 3.39. The molecule has 1 aliphatic heterocycles. The third kappa shape index (κ3) is 1.36. The number of carbonyl (C=O) groups is 1. The van der Waals surface area contributed by atoms with E-state index in [2.05, 4.69) is 21.2 Å². The molecule has 0 saturated carbocycles. The van der Waals surface area contributed by atoms with Gasteiger partial charge in [0.25, 0.3) is 0 Å². The van der Waals surface area contributed by atoms with E-state index in [-0.39, 0.29) is 11.8 Å². The monoisotopic (exact) mass is 259 g/mol. The molecule has 1 heterocycles. The summed E-state index contributed by atoms with van der Waals surface area (Å²) in [5.41, 5.74) is 1.83. The Morgan fingerprint density at radius 1 is 1.54 bits per heavy atom. The van der Waals surface area contributed by atoms with Crippen LogP contribution in [-0.2, 0) is 4.79 Å². The standard InChI is InChI=1S/C9H7BrClNO/c1-4-5-2-6(10)7(11)3-8(5)12-9(4)13/h2-4H,1H3,(H,12,13). The maximum absolute atomic E-state index is 11.3. The highest BCUT2D eigenvalue weighted by Gasteiger charge is 2.27. The predicted molar refractivity (Wildman–Crippen MR) is 56.2 cm³/mol. The number of benzene rings is 1. The van der Waals surface area contributed by atoms with E-state index in [0.29, 0.717) is 5.02 Å². The van der Waals surface area contributed by atoms with Gasteiger partial charge in [0.05, 0.1) is 10.9 Å². The van der Waals surface area contributed by atoms with E-state index < -0.39 is 0 Å². The molecule has 2 nitrogen and oxygen atoms in total. The molecule has 1 aliphatic rings. The molecule has 1 atom stereocenters. The molecule has 0 aliphatic carbocycles. The van der Waals surface area contributed by atoms with Crippen molar-refractivity contribution in [3.05, 3.63) is 27.2 Å². The van der Waals surface area contributed by atoms with Gasteiger partial charge in [-0.15, -0.1) is 0 Å². The third-order valence-corrected chi connectivity index (χ3v) is 3.41. The summed E-state index contributed by atoms with van der Waals surface area (Å²) >= 11 is 9.21. The number of hydrogen-bond donors (Lipinski definition) is 1. The first kappa shape index (κ1) is 9.03. The smallest absolute Gasteiger partial charge is 0.231 e. The Hall–Kier alpha value is -0.540. The van der Waals surface area contributed by atoms with Crippen LogP contribution in [-0.4, -0.2) is 5.91 Å². The number of hydrogen-bond acceptors (Lipinski definition) is 1. The third-order valence-electron chi connectivity index (χ3n) is 2.21. The molecule has 0 spiro atoms. The van der Waals surface area contributed by atoms with Crippen LogP contribution in [0, 0.1) is 0 Å². The van der Waals surface area contributed by atoms with E-state index in [9.17, 15) is 4.79 Å². The van der Waals surface area contributed by atoms with Gasteiger partial charge in [-0.1, -0.05) is 11.6 Å². The summed E-state index contributed by atoms with van der Waals surface area (Å²) in [7, 11) is 0. The number of halogens is 2. The van der Waals surface area contributed by atoms with Crippen molar-refractivity contribution in [2.24, 2.45) is 0 Å². The molecule has 0 fully saturated rings. The first-order chi connectivity index (χ1) is 6.09. The number of rotatable bonds is 0. The fraction of sp³-hybridized carbons (Fsp3) is 0.222. The largest absolute Gasteiger partial charge is 0.325 e. The molecule has 2 rings (SSSR count). The minimum Gasteiger partial charge on any atom is -0.325 e. The van der Waals surface area contributed by atoms with Crippen molar-refractivity contribution < 1.29 is 4.79 Å². The van der Waals surface area contributed by atoms with E-state index in [4.69, 9.17) is 11.6 Å². The quantitative estimate of drug-likeness (QED) is 0.763. The van der Waals surface area contributed by atoms with Crippen LogP contribution in [0.15, 0.2) is 16.6 Å². The Morgan fingerprint density at radius 3 is 2.92 bits per heavy atom. The molecule has 13 heavy (non-hydrogen) atoms. The van der Waals surface area contributed by atoms with Crippen molar-refractivity contribution in [3.8, 4) is 0 Å². The first-order valence-electron chi connectivity index (χ1n) is 3.89. The van der Waals surface area contributed by atoms with Crippen molar-refractivity contribution in [3.63, 3.8) is 0 Å². The van der Waals surface area contributed by atoms with Crippen LogP contribution in [0.2, 0.25) is 5.02 Å². The highest BCUT2D eigenvalue weighted by Crippen LogP contribution is 2.37. The average Bonchev–Trinajstić information content (AvgIpc) is 2.32. The van der Waals surface area contributed by atoms with E-state index >= 15 is 0 Å². The zero-order chi connectivity index (χ0) is 9.59. The zero-order valence-electron chi connectivity index (χ0n) is 6.90. The van der Waals surface area contributed by atoms with Gasteiger partial charge in [0, 0.05) is 10.2 Å². The SMILES string of the molecule is CC1C(=O)Nc2cc(Cl)c(Br)cc21. The zero-order valence-corrected chi connectivity index (χ0v) is 9.24. The maximum atomic E-state index is 11.3. The van der Waals surface area contributed by atoms with Crippen LogP contribution < -0.4 is 5.32 Å². The molecule has 1 unspecified atom stereocenters. The summed E-state index contributed by atoms with van der Waals surface area (Å²) in [6.07, 6.45) is 0. The van der Waals surface area contributed by atoms with Crippen molar-refractivity contribution in [1.29, 1.82) is 0 Å². The first-order valence-corrected chi connectivity index (χ1v) is 5.06. The molecule has 1 aromatic carbocycles. The number of fused-ring (bicyclic) bond motifs is 1. The Morgan fingerprint density at radius 2 is 2.23 bits per heavy atom. The van der Waals surface area contributed by atoms with Gasteiger partial charge in [-0.3, -0.25) is 4.79 Å². The highest BCUT2D eigenvalue weighted by atomic mass is 79.9. The lowest BCUT2D eigenvalue weighted by Crippen LogP contribution is -2.08. The van der Waals surface area contributed by atoms with Gasteiger partial charge in [-0.05, 0) is 40.5 Å². The molecule has 0 radical (unpaired) electrons. The van der Waals surface area contributed by atoms with E-state index in [1.54, 1.807) is 6.07 Å². The van der Waals surface area contributed by atoms with Crippen LogP contribution >= 0.6 is 27.5 Å². The second kappa shape index (κ2) is 3.00. The molecular formula is C9H7BrClNO. The molecule has 0 aromatic heterocycles. The van der Waals surface area contributed by atoms with Gasteiger partial charge in [0.2, 0.25) is 5.91 Å². The Bertz CT molecular complexity index is 391. The van der Waals surface area contributed by atoms with Gasteiger partial charge in [-0.25, -0.2) is 0 Å². The molecule has 1 amide bonds. The topological polar surface area (TPSA) is 29.1 Å². The second-order valence-corrected chi connectivity index (χ2v) is 4.33. The average molecular weight is 261 g/mol. The maximum Gasteiger partial charge on any atom is 0.231 e. The highest BCUT2D eigenvalue weighted by molar-refractivity contribution is 9.10. The van der Waals surface area contributed by atoms with E-state index in [0.717, 1.165) is 15.7 Å². The summed E-state index contributed by atoms with van der Waals surface area (Å²) < 4.78 is 0.830. The van der Waals surface area contributed by atoms with Gasteiger partial charge in [0.15, 0.2) is 0 Å². The molecular weight excluding hydrogens is 253 g/mol. The van der Waals surface area contributed by atoms with Crippen molar-refractivity contribution in [1.82, 2.24) is 0 Å². The normalized spacial score (nSPS) is 19.9. The van der Waals surface area contributed by atoms with E-state index in [1.807, 2.05) is 13.0 Å². The molecule has 68 valence electrons. The van der Waals surface area contributed by atoms with Crippen LogP contribution in [0.4, 0.5) is 5.69 Å². The Kier molecular flexibility index (Phi) is 2.08. The van der Waals surface area contributed by atoms with Crippen LogP contribution in [0.1, 0.15) is 18.4 Å². The summed E-state index contributed by atoms with van der Waals surface area (Å²) in [6, 6.07) is 3.66. The summed E-state index contributed by atoms with van der Waals surface area (Å²) in [4.78, 5) is 11.3. The lowest BCUT2D eigenvalue weighted by Gasteiger charge is -2.02. The molecule has 1 N–H and O–H groups in total. The lowest BCUT2D eigenvalue weighted by atomic mass is 10.0. The van der Waals surface area contributed by atoms with Crippen molar-refractivity contribution in [2.45, 2.75) is 12.8 Å². The number of nitrogens with one attached hydrogen (secondary N) is 1. The second-order valence-electron chi connectivity index (χ2n) is 3.06. The summed E-state index contributed by atoms with van der Waals surface area (Å²) in [5.74, 6) is -0.0484. The molecule has 0 saturated heterocycles. The van der Waals surface area contributed by atoms with Crippen molar-refractivity contribution >= 4 is 39.1 Å². The number of anilines is 1. The van der Waals surface area contributed by atoms with E-state index in [1.165, 1.54) is 0 Å². The molecule has 1 aromatic rings. The lowest BCUT2D eigenvalue weighted by molar-refractivity contribution is -0.116. The van der Waals surface area contributed by atoms with Gasteiger partial charge in [-0.2, -0.15) is 0 Å². The number of carbonyl (C=O) groups excluding carboxylic acids is 1. The fourth-order valence-corrected chi connectivity index (χ4v) is 1.94. The predicted octanol–water partition coefficient (Wildman–Crippen LogP) is 3.16. The summed E-state index contributed by atoms with van der Waals surface area (Å²) in [6.45, 7) is 1.88. The van der Waals surface area contributed by atoms with Crippen LogP contribution in [0.3, 0.4) is 0 Å². The Balaban J connectivity index is 2.59. The minimum atomic E-state index is -0.0800. The molecule has 0 bridgehead atoms. The number of amides is 1. The van der Waals surface area contributed by atoms with Crippen molar-refractivity contribution in [2.75, 3.05) is 5.32 Å². The van der Waals surface area contributed by atoms with Gasteiger partial charge < -0.3 is 5.32 Å². The minimum absolute atomic E-state index is 0.0316. The van der Waals surface area contributed by atoms with Gasteiger partial charge in [0.1, 0.15) is 0 Å². The van der Waals surface area contributed by atoms with Crippen LogP contribution in [0.5, 0.6) is 0 Å². The van der Waals surface area contributed by atoms with Gasteiger partial charge >= 0.3 is 0 Å². The van der Waals surface area contributed by atoms with Crippen LogP contribution in [0.25, 0.3) is 0 Å².